The number of unbranched alkanes of at least 4 members (excludes halogenated alkanes) is 1. The summed E-state index contributed by atoms with van der Waals surface area (Å²) < 4.78 is 13.1. The summed E-state index contributed by atoms with van der Waals surface area (Å²) in [6.07, 6.45) is 2.35. The van der Waals surface area contributed by atoms with Gasteiger partial charge in [-0.05, 0) is 31.0 Å². The van der Waals surface area contributed by atoms with E-state index < -0.39 is 0 Å². The minimum atomic E-state index is -0.324. The molecule has 1 aromatic rings. The first kappa shape index (κ1) is 18.9. The predicted octanol–water partition coefficient (Wildman–Crippen LogP) is 1.84. The SMILES string of the molecule is CCCCN=C(NCC)NCCNC(=O)Cc1cccc(F)c1. The van der Waals surface area contributed by atoms with E-state index in [1.165, 1.54) is 12.1 Å². The number of carbonyl (C=O) groups is 1. The Labute approximate surface area is 137 Å². The highest BCUT2D eigenvalue weighted by molar-refractivity contribution is 5.80. The zero-order valence-corrected chi connectivity index (χ0v) is 14.0. The lowest BCUT2D eigenvalue weighted by Crippen LogP contribution is -2.41. The van der Waals surface area contributed by atoms with Crippen LogP contribution in [-0.2, 0) is 11.2 Å². The van der Waals surface area contributed by atoms with Gasteiger partial charge in [0.15, 0.2) is 5.96 Å². The van der Waals surface area contributed by atoms with E-state index in [0.29, 0.717) is 18.7 Å². The van der Waals surface area contributed by atoms with Gasteiger partial charge in [0.1, 0.15) is 5.82 Å². The smallest absolute Gasteiger partial charge is 0.224 e. The molecule has 1 rings (SSSR count). The monoisotopic (exact) mass is 322 g/mol. The van der Waals surface area contributed by atoms with Crippen LogP contribution in [0.25, 0.3) is 0 Å². The molecule has 23 heavy (non-hydrogen) atoms. The molecule has 0 bridgehead atoms. The van der Waals surface area contributed by atoms with Gasteiger partial charge in [-0.15, -0.1) is 0 Å². The van der Waals surface area contributed by atoms with Gasteiger partial charge in [-0.2, -0.15) is 0 Å². The molecule has 0 atom stereocenters. The number of amides is 1. The number of nitrogens with zero attached hydrogens (tertiary/aromatic N) is 1. The van der Waals surface area contributed by atoms with E-state index in [-0.39, 0.29) is 18.1 Å². The van der Waals surface area contributed by atoms with Crippen molar-refractivity contribution in [2.45, 2.75) is 33.1 Å². The van der Waals surface area contributed by atoms with Crippen LogP contribution in [0.1, 0.15) is 32.3 Å². The molecule has 3 N–H and O–H groups in total. The van der Waals surface area contributed by atoms with Crippen molar-refractivity contribution in [1.82, 2.24) is 16.0 Å². The third-order valence-electron chi connectivity index (χ3n) is 3.12. The van der Waals surface area contributed by atoms with E-state index in [2.05, 4.69) is 27.9 Å². The van der Waals surface area contributed by atoms with Crippen LogP contribution >= 0.6 is 0 Å². The number of guanidine groups is 1. The lowest BCUT2D eigenvalue weighted by molar-refractivity contribution is -0.120. The third-order valence-corrected chi connectivity index (χ3v) is 3.12. The number of carbonyl (C=O) groups excluding carboxylic acids is 1. The minimum absolute atomic E-state index is 0.120. The maximum absolute atomic E-state index is 13.1. The zero-order chi connectivity index (χ0) is 16.9. The van der Waals surface area contributed by atoms with E-state index in [1.807, 2.05) is 6.92 Å². The van der Waals surface area contributed by atoms with Gasteiger partial charge in [0.05, 0.1) is 6.42 Å². The van der Waals surface area contributed by atoms with Gasteiger partial charge < -0.3 is 16.0 Å². The molecule has 0 spiro atoms. The Morgan fingerprint density at radius 3 is 2.65 bits per heavy atom. The lowest BCUT2D eigenvalue weighted by Gasteiger charge is -2.11. The van der Waals surface area contributed by atoms with Gasteiger partial charge in [-0.1, -0.05) is 25.5 Å². The summed E-state index contributed by atoms with van der Waals surface area (Å²) in [6.45, 7) is 6.81. The van der Waals surface area contributed by atoms with Crippen molar-refractivity contribution >= 4 is 11.9 Å². The van der Waals surface area contributed by atoms with Crippen molar-refractivity contribution in [3.8, 4) is 0 Å². The Bertz CT molecular complexity index is 505. The summed E-state index contributed by atoms with van der Waals surface area (Å²) in [4.78, 5) is 16.2. The summed E-state index contributed by atoms with van der Waals surface area (Å²) in [7, 11) is 0. The minimum Gasteiger partial charge on any atom is -0.357 e. The van der Waals surface area contributed by atoms with Crippen LogP contribution in [0.15, 0.2) is 29.3 Å². The van der Waals surface area contributed by atoms with Crippen molar-refractivity contribution in [1.29, 1.82) is 0 Å². The fraction of sp³-hybridized carbons (Fsp3) is 0.529. The predicted molar refractivity (Wildman–Crippen MR) is 92.0 cm³/mol. The molecule has 0 aliphatic rings. The number of benzene rings is 1. The highest BCUT2D eigenvalue weighted by Gasteiger charge is 2.04. The fourth-order valence-electron chi connectivity index (χ4n) is 1.97. The van der Waals surface area contributed by atoms with Crippen molar-refractivity contribution in [3.63, 3.8) is 0 Å². The first-order chi connectivity index (χ1) is 11.2. The molecule has 0 radical (unpaired) electrons. The van der Waals surface area contributed by atoms with Crippen molar-refractivity contribution < 1.29 is 9.18 Å². The summed E-state index contributed by atoms with van der Waals surface area (Å²) in [6, 6.07) is 6.09. The molecular formula is C17H27FN4O. The first-order valence-corrected chi connectivity index (χ1v) is 8.19. The number of nitrogens with one attached hydrogen (secondary N) is 3. The van der Waals surface area contributed by atoms with E-state index in [9.17, 15) is 9.18 Å². The van der Waals surface area contributed by atoms with Crippen LogP contribution in [0.3, 0.4) is 0 Å². The molecule has 1 amide bonds. The van der Waals surface area contributed by atoms with Crippen LogP contribution in [-0.4, -0.2) is 38.0 Å². The van der Waals surface area contributed by atoms with Crippen molar-refractivity contribution in [2.75, 3.05) is 26.2 Å². The molecule has 128 valence electrons. The molecule has 5 nitrogen and oxygen atoms in total. The van der Waals surface area contributed by atoms with E-state index in [0.717, 1.165) is 31.9 Å². The normalized spacial score (nSPS) is 11.2. The summed E-state index contributed by atoms with van der Waals surface area (Å²) in [5, 5.41) is 9.14. The Hall–Kier alpha value is -2.11. The van der Waals surface area contributed by atoms with Gasteiger partial charge >= 0.3 is 0 Å². The van der Waals surface area contributed by atoms with Gasteiger partial charge in [0.25, 0.3) is 0 Å². The molecule has 0 saturated carbocycles. The molecule has 1 aromatic carbocycles. The van der Waals surface area contributed by atoms with E-state index in [4.69, 9.17) is 0 Å². The quantitative estimate of drug-likeness (QED) is 0.369. The molecule has 0 heterocycles. The molecule has 0 unspecified atom stereocenters. The summed E-state index contributed by atoms with van der Waals surface area (Å²) in [5.41, 5.74) is 0.671. The Morgan fingerprint density at radius 2 is 1.96 bits per heavy atom. The molecule has 0 aromatic heterocycles. The van der Waals surface area contributed by atoms with Gasteiger partial charge in [0, 0.05) is 26.2 Å². The molecule has 6 heteroatoms. The number of hydrogen-bond acceptors (Lipinski definition) is 2. The Morgan fingerprint density at radius 1 is 1.17 bits per heavy atom. The maximum Gasteiger partial charge on any atom is 0.224 e. The van der Waals surface area contributed by atoms with Crippen LogP contribution in [0.2, 0.25) is 0 Å². The summed E-state index contributed by atoms with van der Waals surface area (Å²) >= 11 is 0. The lowest BCUT2D eigenvalue weighted by atomic mass is 10.1. The van der Waals surface area contributed by atoms with Crippen molar-refractivity contribution in [3.05, 3.63) is 35.6 Å². The Balaban J connectivity index is 2.26. The maximum atomic E-state index is 13.1. The van der Waals surface area contributed by atoms with Gasteiger partial charge in [-0.3, -0.25) is 9.79 Å². The van der Waals surface area contributed by atoms with Crippen LogP contribution in [0.4, 0.5) is 4.39 Å². The standard InChI is InChI=1S/C17H27FN4O/c1-3-5-9-21-17(19-4-2)22-11-10-20-16(23)13-14-7-6-8-15(18)12-14/h6-8,12H,3-5,9-11,13H2,1-2H3,(H,20,23)(H2,19,21,22). The van der Waals surface area contributed by atoms with E-state index in [1.54, 1.807) is 12.1 Å². The average Bonchev–Trinajstić information content (AvgIpc) is 2.51. The molecule has 0 aliphatic heterocycles. The Kier molecular flexibility index (Phi) is 9.43. The van der Waals surface area contributed by atoms with E-state index >= 15 is 0 Å². The highest BCUT2D eigenvalue weighted by atomic mass is 19.1. The molecule has 0 fully saturated rings. The number of aliphatic imine (C=N–C) groups is 1. The van der Waals surface area contributed by atoms with Crippen LogP contribution < -0.4 is 16.0 Å². The largest absolute Gasteiger partial charge is 0.357 e. The topological polar surface area (TPSA) is 65.5 Å². The second-order valence-electron chi connectivity index (χ2n) is 5.20. The number of halogens is 1. The molecule has 0 saturated heterocycles. The first-order valence-electron chi connectivity index (χ1n) is 8.19. The highest BCUT2D eigenvalue weighted by Crippen LogP contribution is 2.03. The summed E-state index contributed by atoms with van der Waals surface area (Å²) in [5.74, 6) is 0.321. The fourth-order valence-corrected chi connectivity index (χ4v) is 1.97. The second-order valence-corrected chi connectivity index (χ2v) is 5.20. The average molecular weight is 322 g/mol. The van der Waals surface area contributed by atoms with Crippen LogP contribution in [0.5, 0.6) is 0 Å². The molecular weight excluding hydrogens is 295 g/mol. The zero-order valence-electron chi connectivity index (χ0n) is 14.0. The van der Waals surface area contributed by atoms with Crippen LogP contribution in [0, 0.1) is 5.82 Å². The third kappa shape index (κ3) is 8.80. The van der Waals surface area contributed by atoms with Gasteiger partial charge in [-0.25, -0.2) is 4.39 Å². The number of hydrogen-bond donors (Lipinski definition) is 3. The van der Waals surface area contributed by atoms with Crippen molar-refractivity contribution in [2.24, 2.45) is 4.99 Å². The molecule has 0 aliphatic carbocycles. The number of rotatable bonds is 9. The van der Waals surface area contributed by atoms with Gasteiger partial charge in [0.2, 0.25) is 5.91 Å². The second kappa shape index (κ2) is 11.5.